The Morgan fingerprint density at radius 3 is 2.39 bits per heavy atom. The summed E-state index contributed by atoms with van der Waals surface area (Å²) in [6, 6.07) is 16.4. The zero-order valence-electron chi connectivity index (χ0n) is 12.9. The number of methoxy groups -OCH3 is 2. The van der Waals surface area contributed by atoms with Crippen LogP contribution in [-0.4, -0.2) is 32.4 Å². The van der Waals surface area contributed by atoms with Crippen LogP contribution in [0, 0.1) is 0 Å². The third-order valence-electron chi connectivity index (χ3n) is 3.88. The molecule has 0 heterocycles. The van der Waals surface area contributed by atoms with E-state index in [4.69, 9.17) is 21.1 Å². The highest BCUT2D eigenvalue weighted by atomic mass is 79.9. The van der Waals surface area contributed by atoms with E-state index in [-0.39, 0.29) is 0 Å². The van der Waals surface area contributed by atoms with Crippen LogP contribution in [0.3, 0.4) is 0 Å². The summed E-state index contributed by atoms with van der Waals surface area (Å²) in [4.78, 5) is 0. The zero-order chi connectivity index (χ0) is 16.4. The molecule has 114 valence electrons. The Labute approximate surface area is 156 Å². The minimum absolute atomic E-state index is 0.505. The average molecular weight is 402 g/mol. The molecule has 0 bridgehead atoms. The van der Waals surface area contributed by atoms with Crippen LogP contribution >= 0.6 is 24.5 Å². The minimum atomic E-state index is -0.505. The van der Waals surface area contributed by atoms with Crippen LogP contribution < -0.4 is 13.2 Å². The molecule has 5 heteroatoms. The molecule has 0 aliphatic rings. The van der Waals surface area contributed by atoms with Gasteiger partial charge in [-0.05, 0) is 46.2 Å². The third kappa shape index (κ3) is 3.31. The summed E-state index contributed by atoms with van der Waals surface area (Å²) >= 11 is 9.36. The van der Waals surface area contributed by atoms with E-state index >= 15 is 0 Å². The van der Waals surface area contributed by atoms with Crippen LogP contribution in [0.2, 0.25) is 5.02 Å². The average Bonchev–Trinajstić information content (AvgIpc) is 2.59. The molecule has 0 atom stereocenters. The summed E-state index contributed by atoms with van der Waals surface area (Å²) < 4.78 is 12.2. The molecule has 0 amide bonds. The lowest BCUT2D eigenvalue weighted by Gasteiger charge is -2.15. The molecule has 2 nitrogen and oxygen atoms in total. The number of hydrogen-bond donors (Lipinski definition) is 0. The van der Waals surface area contributed by atoms with Crippen molar-refractivity contribution < 1.29 is 9.47 Å². The maximum Gasteiger partial charge on any atom is 0.507 e. The Hall–Kier alpha value is -0.944. The molecule has 3 aromatic rings. The van der Waals surface area contributed by atoms with Gasteiger partial charge in [-0.15, -0.1) is 3.69 Å². The van der Waals surface area contributed by atoms with Crippen molar-refractivity contribution in [3.05, 3.63) is 53.6 Å². The molecule has 3 rings (SSSR count). The Bertz CT molecular complexity index is 867. The van der Waals surface area contributed by atoms with E-state index in [1.54, 1.807) is 14.2 Å². The Morgan fingerprint density at radius 1 is 0.913 bits per heavy atom. The fourth-order valence-electron chi connectivity index (χ4n) is 2.79. The molecule has 0 fully saturated rings. The van der Waals surface area contributed by atoms with E-state index in [2.05, 4.69) is 37.1 Å². The molecule has 3 aromatic carbocycles. The van der Waals surface area contributed by atoms with Gasteiger partial charge in [0, 0.05) is 5.02 Å². The van der Waals surface area contributed by atoms with Crippen LogP contribution in [0.15, 0.2) is 48.5 Å². The highest BCUT2D eigenvalue weighted by Gasteiger charge is 2.13. The van der Waals surface area contributed by atoms with Crippen LogP contribution in [0.1, 0.15) is 0 Å². The van der Waals surface area contributed by atoms with E-state index < -0.39 is 18.2 Å². The van der Waals surface area contributed by atoms with Crippen molar-refractivity contribution in [2.24, 2.45) is 0 Å². The zero-order valence-corrected chi connectivity index (χ0v) is 16.7. The summed E-state index contributed by atoms with van der Waals surface area (Å²) in [5.41, 5.74) is 2.36. The van der Waals surface area contributed by atoms with E-state index in [1.165, 1.54) is 14.6 Å². The van der Waals surface area contributed by atoms with Crippen molar-refractivity contribution >= 4 is 57.1 Å². The second-order valence-electron chi connectivity index (χ2n) is 5.17. The number of benzene rings is 3. The summed E-state index contributed by atoms with van der Waals surface area (Å²) in [6.07, 6.45) is 0. The standard InChI is InChI=1S/C18H14ClO2.BrH.Mg/c1-20-17-9-6-13(11-18(17)21-2)15-5-3-4-12-10-14(19)7-8-16(12)15;;/h3-4,6-11H,1-2H3;1H;/q;;+1/p-1. The van der Waals surface area contributed by atoms with E-state index in [1.807, 2.05) is 24.3 Å². The van der Waals surface area contributed by atoms with Gasteiger partial charge in [0.25, 0.3) is 0 Å². The summed E-state index contributed by atoms with van der Waals surface area (Å²) in [5.74, 6) is 1.47. The largest absolute Gasteiger partial charge is 0.507 e. The Kier molecular flexibility index (Phi) is 5.37. The van der Waals surface area contributed by atoms with Gasteiger partial charge in [-0.2, -0.15) is 0 Å². The van der Waals surface area contributed by atoms with Gasteiger partial charge in [-0.3, -0.25) is 12.9 Å². The number of ether oxygens (including phenoxy) is 2. The van der Waals surface area contributed by atoms with Crippen LogP contribution in [0.5, 0.6) is 11.5 Å². The highest BCUT2D eigenvalue weighted by molar-refractivity contribution is 9.23. The smallest absolute Gasteiger partial charge is 0.493 e. The first kappa shape index (κ1) is 16.9. The van der Waals surface area contributed by atoms with Crippen molar-refractivity contribution in [2.75, 3.05) is 14.2 Å². The van der Waals surface area contributed by atoms with E-state index in [9.17, 15) is 0 Å². The molecule has 0 saturated carbocycles. The second-order valence-corrected chi connectivity index (χ2v) is 8.32. The van der Waals surface area contributed by atoms with Gasteiger partial charge in [0.2, 0.25) is 0 Å². The van der Waals surface area contributed by atoms with Crippen molar-refractivity contribution in [3.8, 4) is 22.6 Å². The minimum Gasteiger partial charge on any atom is -0.493 e. The molecule has 0 spiro atoms. The second kappa shape index (κ2) is 7.30. The summed E-state index contributed by atoms with van der Waals surface area (Å²) in [7, 11) is 3.30. The van der Waals surface area contributed by atoms with E-state index in [0.29, 0.717) is 0 Å². The monoisotopic (exact) mass is 400 g/mol. The molecular formula is C18H14BrClMgO2. The summed E-state index contributed by atoms with van der Waals surface area (Å²) in [5, 5.41) is 3.09. The molecule has 0 N–H and O–H groups in total. The van der Waals surface area contributed by atoms with Gasteiger partial charge in [0.05, 0.1) is 14.2 Å². The van der Waals surface area contributed by atoms with Crippen molar-refractivity contribution in [3.63, 3.8) is 0 Å². The third-order valence-corrected chi connectivity index (χ3v) is 6.81. The Balaban J connectivity index is 2.29. The summed E-state index contributed by atoms with van der Waals surface area (Å²) in [6.45, 7) is 0. The molecular weight excluding hydrogens is 388 g/mol. The van der Waals surface area contributed by atoms with Crippen LogP contribution in [0.25, 0.3) is 21.9 Å². The molecule has 0 radical (unpaired) electrons. The van der Waals surface area contributed by atoms with Gasteiger partial charge in [-0.1, -0.05) is 35.9 Å². The predicted octanol–water partition coefficient (Wildman–Crippen LogP) is 4.82. The van der Waals surface area contributed by atoms with E-state index in [0.717, 1.165) is 27.5 Å². The first-order valence-corrected chi connectivity index (χ1v) is 12.2. The maximum absolute atomic E-state index is 6.14. The van der Waals surface area contributed by atoms with Gasteiger partial charge < -0.3 is 9.47 Å². The number of rotatable bonds is 4. The van der Waals surface area contributed by atoms with Crippen molar-refractivity contribution in [1.29, 1.82) is 0 Å². The van der Waals surface area contributed by atoms with Crippen molar-refractivity contribution in [1.82, 2.24) is 0 Å². The quantitative estimate of drug-likeness (QED) is 0.583. The SMILES string of the molecule is COc1ccc(-c2[c]([Mg][Br])ccc3cc(Cl)ccc23)cc1OC. The highest BCUT2D eigenvalue weighted by Crippen LogP contribution is 2.35. The van der Waals surface area contributed by atoms with Gasteiger partial charge >= 0.3 is 18.2 Å². The first-order chi connectivity index (χ1) is 11.2. The molecule has 0 aliphatic carbocycles. The van der Waals surface area contributed by atoms with Crippen molar-refractivity contribution in [2.45, 2.75) is 0 Å². The fraction of sp³-hybridized carbons (Fsp3) is 0.111. The molecule has 0 aromatic heterocycles. The fourth-order valence-corrected chi connectivity index (χ4v) is 5.11. The Morgan fingerprint density at radius 2 is 1.70 bits per heavy atom. The predicted molar refractivity (Wildman–Crippen MR) is 102 cm³/mol. The topological polar surface area (TPSA) is 18.5 Å². The lowest BCUT2D eigenvalue weighted by molar-refractivity contribution is 0.355. The number of halogens is 2. The molecule has 23 heavy (non-hydrogen) atoms. The molecule has 0 saturated heterocycles. The number of hydrogen-bond acceptors (Lipinski definition) is 2. The van der Waals surface area contributed by atoms with Gasteiger partial charge in [0.1, 0.15) is 0 Å². The maximum atomic E-state index is 6.14. The van der Waals surface area contributed by atoms with Gasteiger partial charge in [0.15, 0.2) is 11.5 Å². The van der Waals surface area contributed by atoms with Gasteiger partial charge in [-0.25, -0.2) is 0 Å². The molecule has 0 unspecified atom stereocenters. The van der Waals surface area contributed by atoms with Crippen LogP contribution in [0.4, 0.5) is 0 Å². The first-order valence-electron chi connectivity index (χ1n) is 7.17. The molecule has 0 aliphatic heterocycles. The lowest BCUT2D eigenvalue weighted by atomic mass is 9.97. The van der Waals surface area contributed by atoms with Crippen LogP contribution in [-0.2, 0) is 0 Å². The number of fused-ring (bicyclic) bond motifs is 1. The lowest BCUT2D eigenvalue weighted by Crippen LogP contribution is -2.12. The normalized spacial score (nSPS) is 10.4.